The molecule has 1 aliphatic rings. The number of sulfone groups is 1. The van der Waals surface area contributed by atoms with Crippen molar-refractivity contribution in [3.05, 3.63) is 46.7 Å². The second-order valence-electron chi connectivity index (χ2n) is 7.93. The molecule has 1 heterocycles. The lowest BCUT2D eigenvalue weighted by Crippen LogP contribution is -2.47. The molecule has 1 amide bonds. The van der Waals surface area contributed by atoms with Gasteiger partial charge in [0.25, 0.3) is 0 Å². The summed E-state index contributed by atoms with van der Waals surface area (Å²) in [6.07, 6.45) is 4.17. The summed E-state index contributed by atoms with van der Waals surface area (Å²) < 4.78 is 27.4. The van der Waals surface area contributed by atoms with E-state index in [2.05, 4.69) is 17.3 Å². The average molecular weight is 438 g/mol. The molecule has 3 atom stereocenters. The third-order valence-electron chi connectivity index (χ3n) is 5.82. The maximum absolute atomic E-state index is 13.0. The van der Waals surface area contributed by atoms with Crippen molar-refractivity contribution in [1.82, 2.24) is 15.1 Å². The molecule has 0 spiro atoms. The maximum Gasteiger partial charge on any atom is 0.238 e. The van der Waals surface area contributed by atoms with Gasteiger partial charge < -0.3 is 5.32 Å². The van der Waals surface area contributed by atoms with Gasteiger partial charge in [0.05, 0.1) is 17.1 Å². The lowest BCUT2D eigenvalue weighted by atomic mass is 9.86. The lowest BCUT2D eigenvalue weighted by Gasteiger charge is -2.30. The molecule has 158 valence electrons. The molecule has 1 saturated carbocycles. The maximum atomic E-state index is 13.0. The molecule has 2 aromatic rings. The van der Waals surface area contributed by atoms with E-state index in [1.807, 2.05) is 30.3 Å². The first-order valence-corrected chi connectivity index (χ1v) is 12.1. The molecular weight excluding hydrogens is 410 g/mol. The first kappa shape index (κ1) is 21.8. The Balaban J connectivity index is 1.76. The summed E-state index contributed by atoms with van der Waals surface area (Å²) in [7, 11) is -3.74. The molecule has 0 radical (unpaired) electrons. The standard InChI is InChI=1S/C21H28ClN3O3S/c1-14-9-7-8-12-19(14)23-21(26)16(3)29(27,28)13-18-15(2)24-25(20(18)22)17-10-5-4-6-11-17/h4-6,10-11,14,16,19H,7-9,12-13H2,1-3H3,(H,23,26)/t14-,16+,19-/m0/s1. The molecule has 1 aromatic carbocycles. The van der Waals surface area contributed by atoms with Crippen molar-refractivity contribution >= 4 is 27.3 Å². The second-order valence-corrected chi connectivity index (χ2v) is 10.6. The van der Waals surface area contributed by atoms with Crippen molar-refractivity contribution in [2.24, 2.45) is 5.92 Å². The van der Waals surface area contributed by atoms with E-state index < -0.39 is 21.0 Å². The minimum absolute atomic E-state index is 0.0417. The zero-order chi connectivity index (χ0) is 21.2. The minimum atomic E-state index is -3.74. The molecule has 3 rings (SSSR count). The number of amides is 1. The number of rotatable bonds is 6. The van der Waals surface area contributed by atoms with Gasteiger partial charge >= 0.3 is 0 Å². The normalized spacial score (nSPS) is 21.0. The Morgan fingerprint density at radius 2 is 1.93 bits per heavy atom. The summed E-state index contributed by atoms with van der Waals surface area (Å²) >= 11 is 6.46. The summed E-state index contributed by atoms with van der Waals surface area (Å²) in [5, 5.41) is 6.45. The molecule has 0 aliphatic heterocycles. The number of nitrogens with zero attached hydrogens (tertiary/aromatic N) is 2. The Bertz CT molecular complexity index is 973. The van der Waals surface area contributed by atoms with Crippen LogP contribution in [0.1, 0.15) is 50.8 Å². The Morgan fingerprint density at radius 1 is 1.28 bits per heavy atom. The Hall–Kier alpha value is -1.86. The SMILES string of the molecule is Cc1nn(-c2ccccc2)c(Cl)c1CS(=O)(=O)[C@H](C)C(=O)N[C@H]1CCCC[C@@H]1C. The molecule has 0 saturated heterocycles. The fraction of sp³-hybridized carbons (Fsp3) is 0.524. The van der Waals surface area contributed by atoms with Gasteiger partial charge in [-0.15, -0.1) is 0 Å². The van der Waals surface area contributed by atoms with E-state index in [1.165, 1.54) is 11.6 Å². The number of halogens is 1. The summed E-state index contributed by atoms with van der Waals surface area (Å²) in [5.74, 6) is -0.393. The van der Waals surface area contributed by atoms with E-state index >= 15 is 0 Å². The summed E-state index contributed by atoms with van der Waals surface area (Å²) in [5.41, 5.74) is 1.72. The van der Waals surface area contributed by atoms with E-state index in [0.29, 0.717) is 17.2 Å². The first-order chi connectivity index (χ1) is 13.7. The molecular formula is C21H28ClN3O3S. The number of aryl methyl sites for hydroxylation is 1. The van der Waals surface area contributed by atoms with E-state index in [0.717, 1.165) is 31.4 Å². The van der Waals surface area contributed by atoms with Crippen LogP contribution >= 0.6 is 11.6 Å². The Morgan fingerprint density at radius 3 is 2.59 bits per heavy atom. The number of carbonyl (C=O) groups excluding carboxylic acids is 1. The molecule has 1 N–H and O–H groups in total. The molecule has 0 unspecified atom stereocenters. The highest BCUT2D eigenvalue weighted by molar-refractivity contribution is 7.92. The van der Waals surface area contributed by atoms with Gasteiger partial charge in [-0.25, -0.2) is 13.1 Å². The van der Waals surface area contributed by atoms with E-state index in [-0.39, 0.29) is 16.9 Å². The number of nitrogens with one attached hydrogen (secondary N) is 1. The largest absolute Gasteiger partial charge is 0.352 e. The van der Waals surface area contributed by atoms with Gasteiger partial charge in [0.15, 0.2) is 9.84 Å². The zero-order valence-electron chi connectivity index (χ0n) is 17.1. The molecule has 1 aromatic heterocycles. The van der Waals surface area contributed by atoms with Crippen LogP contribution in [-0.2, 0) is 20.4 Å². The van der Waals surface area contributed by atoms with Gasteiger partial charge in [0, 0.05) is 11.6 Å². The topological polar surface area (TPSA) is 81.1 Å². The fourth-order valence-corrected chi connectivity index (χ4v) is 5.57. The van der Waals surface area contributed by atoms with Gasteiger partial charge in [-0.3, -0.25) is 4.79 Å². The molecule has 1 fully saturated rings. The lowest BCUT2D eigenvalue weighted by molar-refractivity contribution is -0.121. The van der Waals surface area contributed by atoms with Crippen molar-refractivity contribution in [3.63, 3.8) is 0 Å². The quantitative estimate of drug-likeness (QED) is 0.744. The van der Waals surface area contributed by atoms with Crippen LogP contribution in [0, 0.1) is 12.8 Å². The average Bonchev–Trinajstić information content (AvgIpc) is 2.97. The van der Waals surface area contributed by atoms with Crippen molar-refractivity contribution < 1.29 is 13.2 Å². The Labute approximate surface area is 177 Å². The van der Waals surface area contributed by atoms with Gasteiger partial charge in [-0.1, -0.05) is 49.6 Å². The van der Waals surface area contributed by atoms with Crippen LogP contribution in [0.3, 0.4) is 0 Å². The molecule has 0 bridgehead atoms. The number of benzene rings is 1. The Kier molecular flexibility index (Phi) is 6.69. The van der Waals surface area contributed by atoms with E-state index in [9.17, 15) is 13.2 Å². The second kappa shape index (κ2) is 8.88. The third kappa shape index (κ3) is 4.83. The van der Waals surface area contributed by atoms with Gasteiger partial charge in [0.1, 0.15) is 10.4 Å². The van der Waals surface area contributed by atoms with Crippen molar-refractivity contribution in [3.8, 4) is 5.69 Å². The number of para-hydroxylation sites is 1. The highest BCUT2D eigenvalue weighted by Crippen LogP contribution is 2.27. The number of aromatic nitrogens is 2. The predicted octanol–water partition coefficient (Wildman–Crippen LogP) is 3.83. The van der Waals surface area contributed by atoms with Crippen LogP contribution in [0.15, 0.2) is 30.3 Å². The monoisotopic (exact) mass is 437 g/mol. The van der Waals surface area contributed by atoms with Crippen LogP contribution in [0.2, 0.25) is 5.15 Å². The third-order valence-corrected chi connectivity index (χ3v) is 8.19. The number of hydrogen-bond donors (Lipinski definition) is 1. The first-order valence-electron chi connectivity index (χ1n) is 10.0. The minimum Gasteiger partial charge on any atom is -0.352 e. The highest BCUT2D eigenvalue weighted by Gasteiger charge is 2.33. The zero-order valence-corrected chi connectivity index (χ0v) is 18.6. The highest BCUT2D eigenvalue weighted by atomic mass is 35.5. The van der Waals surface area contributed by atoms with Crippen LogP contribution < -0.4 is 5.32 Å². The van der Waals surface area contributed by atoms with Gasteiger partial charge in [0.2, 0.25) is 5.91 Å². The molecule has 29 heavy (non-hydrogen) atoms. The smallest absolute Gasteiger partial charge is 0.238 e. The van der Waals surface area contributed by atoms with Gasteiger partial charge in [-0.05, 0) is 44.7 Å². The molecule has 6 nitrogen and oxygen atoms in total. The molecule has 1 aliphatic carbocycles. The van der Waals surface area contributed by atoms with Crippen LogP contribution in [0.5, 0.6) is 0 Å². The molecule has 8 heteroatoms. The van der Waals surface area contributed by atoms with Crippen LogP contribution in [-0.4, -0.2) is 35.4 Å². The number of carbonyl (C=O) groups is 1. The van der Waals surface area contributed by atoms with Gasteiger partial charge in [-0.2, -0.15) is 5.10 Å². The van der Waals surface area contributed by atoms with Crippen LogP contribution in [0.4, 0.5) is 0 Å². The van der Waals surface area contributed by atoms with Crippen molar-refractivity contribution in [2.75, 3.05) is 0 Å². The fourth-order valence-electron chi connectivity index (χ4n) is 3.76. The summed E-state index contributed by atoms with van der Waals surface area (Å²) in [4.78, 5) is 12.6. The van der Waals surface area contributed by atoms with Crippen molar-refractivity contribution in [2.45, 2.75) is 63.5 Å². The summed E-state index contributed by atoms with van der Waals surface area (Å²) in [6, 6.07) is 9.33. The van der Waals surface area contributed by atoms with E-state index in [4.69, 9.17) is 11.6 Å². The summed E-state index contributed by atoms with van der Waals surface area (Å²) in [6.45, 7) is 5.28. The van der Waals surface area contributed by atoms with Crippen molar-refractivity contribution in [1.29, 1.82) is 0 Å². The van der Waals surface area contributed by atoms with Crippen LogP contribution in [0.25, 0.3) is 5.69 Å². The van der Waals surface area contributed by atoms with E-state index in [1.54, 1.807) is 6.92 Å². The number of hydrogen-bond acceptors (Lipinski definition) is 4. The predicted molar refractivity (Wildman–Crippen MR) is 115 cm³/mol.